The van der Waals surface area contributed by atoms with E-state index < -0.39 is 0 Å². The van der Waals surface area contributed by atoms with Crippen LogP contribution in [0.15, 0.2) is 42.7 Å². The number of ether oxygens (including phenoxy) is 1. The van der Waals surface area contributed by atoms with Crippen molar-refractivity contribution in [3.63, 3.8) is 0 Å². The molecular weight excluding hydrogens is 533 g/mol. The van der Waals surface area contributed by atoms with Gasteiger partial charge in [0.25, 0.3) is 5.91 Å². The number of anilines is 4. The van der Waals surface area contributed by atoms with Crippen molar-refractivity contribution in [2.24, 2.45) is 5.92 Å². The van der Waals surface area contributed by atoms with Gasteiger partial charge in [-0.25, -0.2) is 14.4 Å². The van der Waals surface area contributed by atoms with Crippen molar-refractivity contribution in [2.75, 3.05) is 62.4 Å². The highest BCUT2D eigenvalue weighted by Gasteiger charge is 2.25. The van der Waals surface area contributed by atoms with Crippen LogP contribution in [0.1, 0.15) is 30.1 Å². The molecule has 5 rings (SSSR count). The summed E-state index contributed by atoms with van der Waals surface area (Å²) in [5, 5.41) is 6.42. The Kier molecular flexibility index (Phi) is 8.68. The van der Waals surface area contributed by atoms with E-state index in [1.807, 2.05) is 0 Å². The van der Waals surface area contributed by atoms with E-state index in [2.05, 4.69) is 44.4 Å². The van der Waals surface area contributed by atoms with Crippen LogP contribution in [0.3, 0.4) is 0 Å². The number of nitrogens with one attached hydrogen (secondary N) is 2. The number of carbonyl (C=O) groups is 1. The molecule has 11 heteroatoms. The van der Waals surface area contributed by atoms with Gasteiger partial charge in [0.2, 0.25) is 0 Å². The maximum atomic E-state index is 15.7. The van der Waals surface area contributed by atoms with Crippen LogP contribution in [-0.2, 0) is 4.74 Å². The van der Waals surface area contributed by atoms with Crippen LogP contribution < -0.4 is 21.3 Å². The molecule has 9 nitrogen and oxygen atoms in total. The maximum Gasteiger partial charge on any atom is 0.251 e. The van der Waals surface area contributed by atoms with E-state index in [9.17, 15) is 4.79 Å². The van der Waals surface area contributed by atoms with Crippen molar-refractivity contribution in [3.05, 3.63) is 59.3 Å². The molecule has 1 amide bonds. The van der Waals surface area contributed by atoms with Gasteiger partial charge in [0, 0.05) is 56.6 Å². The van der Waals surface area contributed by atoms with Crippen LogP contribution in [0.25, 0.3) is 11.1 Å². The van der Waals surface area contributed by atoms with Gasteiger partial charge in [-0.2, -0.15) is 0 Å². The quantitative estimate of drug-likeness (QED) is 0.357. The third-order valence-corrected chi connectivity index (χ3v) is 8.13. The maximum absolute atomic E-state index is 15.7. The Hall–Kier alpha value is -3.47. The number of hydrogen-bond acceptors (Lipinski definition) is 8. The van der Waals surface area contributed by atoms with Crippen molar-refractivity contribution in [1.29, 1.82) is 0 Å². The van der Waals surface area contributed by atoms with E-state index in [0.717, 1.165) is 45.7 Å². The van der Waals surface area contributed by atoms with Gasteiger partial charge >= 0.3 is 0 Å². The zero-order valence-electron chi connectivity index (χ0n) is 22.8. The standard InChI is InChI=1S/C29H35ClFN7O2/c1-18-16-38(10-9-37(18)2)25-14-23(31)22(13-24(25)36-28-26(32)27(30)34-17-35-28)20-3-5-21(6-4-20)29(39)33-15-19-7-11-40-12-8-19/h3-6,13-14,17-19H,7-12,15-16,32H2,1-2H3,(H,33,39)(H,34,35,36). The average Bonchev–Trinajstić information content (AvgIpc) is 2.97. The van der Waals surface area contributed by atoms with Gasteiger partial charge in [-0.1, -0.05) is 23.7 Å². The predicted molar refractivity (Wildman–Crippen MR) is 157 cm³/mol. The highest BCUT2D eigenvalue weighted by Crippen LogP contribution is 2.38. The Morgan fingerprint density at radius 1 is 1.18 bits per heavy atom. The first-order chi connectivity index (χ1) is 19.3. The number of piperazine rings is 1. The summed E-state index contributed by atoms with van der Waals surface area (Å²) in [4.78, 5) is 25.3. The fourth-order valence-corrected chi connectivity index (χ4v) is 5.24. The first-order valence-electron chi connectivity index (χ1n) is 13.6. The van der Waals surface area contributed by atoms with Crippen LogP contribution in [0.4, 0.5) is 27.3 Å². The second kappa shape index (κ2) is 12.4. The van der Waals surface area contributed by atoms with Gasteiger partial charge in [0.1, 0.15) is 17.8 Å². The molecule has 0 bridgehead atoms. The highest BCUT2D eigenvalue weighted by atomic mass is 35.5. The Morgan fingerprint density at radius 2 is 1.93 bits per heavy atom. The van der Waals surface area contributed by atoms with E-state index in [1.54, 1.807) is 36.4 Å². The lowest BCUT2D eigenvalue weighted by Gasteiger charge is -2.39. The third kappa shape index (κ3) is 6.29. The van der Waals surface area contributed by atoms with Gasteiger partial charge < -0.3 is 30.9 Å². The fraction of sp³-hybridized carbons (Fsp3) is 0.414. The van der Waals surface area contributed by atoms with Gasteiger partial charge in [0.15, 0.2) is 11.0 Å². The number of rotatable bonds is 7. The van der Waals surface area contributed by atoms with E-state index in [-0.39, 0.29) is 22.6 Å². The van der Waals surface area contributed by atoms with Gasteiger partial charge in [-0.3, -0.25) is 4.79 Å². The minimum absolute atomic E-state index is 0.139. The molecule has 0 spiro atoms. The second-order valence-electron chi connectivity index (χ2n) is 10.5. The first-order valence-corrected chi connectivity index (χ1v) is 14.0. The molecule has 40 heavy (non-hydrogen) atoms. The normalized spacial score (nSPS) is 18.5. The fourth-order valence-electron chi connectivity index (χ4n) is 5.11. The lowest BCUT2D eigenvalue weighted by molar-refractivity contribution is 0.0642. The highest BCUT2D eigenvalue weighted by molar-refractivity contribution is 6.32. The van der Waals surface area contributed by atoms with Crippen molar-refractivity contribution in [2.45, 2.75) is 25.8 Å². The van der Waals surface area contributed by atoms with Crippen molar-refractivity contribution in [1.82, 2.24) is 20.2 Å². The summed E-state index contributed by atoms with van der Waals surface area (Å²) >= 11 is 6.13. The lowest BCUT2D eigenvalue weighted by Crippen LogP contribution is -2.50. The molecule has 0 saturated carbocycles. The SMILES string of the molecule is CC1CN(c2cc(F)c(-c3ccc(C(=O)NCC4CCOCC4)cc3)cc2Nc2ncnc(Cl)c2N)CCN1C. The summed E-state index contributed by atoms with van der Waals surface area (Å²) in [7, 11) is 2.09. The van der Waals surface area contributed by atoms with Crippen molar-refractivity contribution in [3.8, 4) is 11.1 Å². The first kappa shape index (κ1) is 28.1. The number of benzene rings is 2. The molecule has 0 aliphatic carbocycles. The zero-order chi connectivity index (χ0) is 28.2. The molecule has 2 aromatic carbocycles. The molecule has 3 heterocycles. The van der Waals surface area contributed by atoms with Crippen LogP contribution in [0, 0.1) is 11.7 Å². The lowest BCUT2D eigenvalue weighted by atomic mass is 9.99. The van der Waals surface area contributed by atoms with E-state index >= 15 is 4.39 Å². The van der Waals surface area contributed by atoms with Crippen molar-refractivity contribution < 1.29 is 13.9 Å². The molecule has 1 atom stereocenters. The average molecular weight is 568 g/mol. The largest absolute Gasteiger partial charge is 0.393 e. The molecule has 2 aliphatic rings. The predicted octanol–water partition coefficient (Wildman–Crippen LogP) is 4.56. The van der Waals surface area contributed by atoms with Crippen molar-refractivity contribution >= 4 is 40.4 Å². The van der Waals surface area contributed by atoms with Crippen LogP contribution in [0.2, 0.25) is 5.15 Å². The summed E-state index contributed by atoms with van der Waals surface area (Å²) in [6, 6.07) is 10.6. The Balaban J connectivity index is 1.41. The molecule has 2 saturated heterocycles. The molecule has 3 aromatic rings. The smallest absolute Gasteiger partial charge is 0.251 e. The molecule has 4 N–H and O–H groups in total. The second-order valence-corrected chi connectivity index (χ2v) is 10.9. The number of nitrogens with two attached hydrogens (primary N) is 1. The monoisotopic (exact) mass is 567 g/mol. The minimum atomic E-state index is -0.363. The Morgan fingerprint density at radius 3 is 2.65 bits per heavy atom. The number of halogens is 2. The topological polar surface area (TPSA) is 109 Å². The number of likely N-dealkylation sites (N-methyl/N-ethyl adjacent to an activating group) is 1. The summed E-state index contributed by atoms with van der Waals surface area (Å²) in [5.74, 6) is 0.268. The molecular formula is C29H35ClFN7O2. The van der Waals surface area contributed by atoms with Gasteiger partial charge in [-0.15, -0.1) is 0 Å². The number of nitrogen functional groups attached to an aromatic ring is 1. The van der Waals surface area contributed by atoms with Gasteiger partial charge in [-0.05, 0) is 62.6 Å². The third-order valence-electron chi connectivity index (χ3n) is 7.82. The van der Waals surface area contributed by atoms with E-state index in [1.165, 1.54) is 6.33 Å². The Labute approximate surface area is 238 Å². The number of hydrogen-bond donors (Lipinski definition) is 3. The summed E-state index contributed by atoms with van der Waals surface area (Å²) in [6.45, 7) is 6.57. The number of aromatic nitrogens is 2. The van der Waals surface area contributed by atoms with Crippen LogP contribution >= 0.6 is 11.6 Å². The Bertz CT molecular complexity index is 1350. The summed E-state index contributed by atoms with van der Waals surface area (Å²) in [5.41, 5.74) is 9.27. The van der Waals surface area contributed by atoms with Gasteiger partial charge in [0.05, 0.1) is 11.4 Å². The molecule has 0 radical (unpaired) electrons. The zero-order valence-corrected chi connectivity index (χ0v) is 23.5. The van der Waals surface area contributed by atoms with Crippen LogP contribution in [0.5, 0.6) is 0 Å². The van der Waals surface area contributed by atoms with E-state index in [0.29, 0.717) is 52.4 Å². The molecule has 212 valence electrons. The molecule has 2 fully saturated rings. The number of amides is 1. The van der Waals surface area contributed by atoms with Crippen LogP contribution in [-0.4, -0.2) is 73.3 Å². The van der Waals surface area contributed by atoms with E-state index in [4.69, 9.17) is 22.1 Å². The number of nitrogens with zero attached hydrogens (tertiary/aromatic N) is 4. The molecule has 1 unspecified atom stereocenters. The summed E-state index contributed by atoms with van der Waals surface area (Å²) < 4.78 is 21.1. The molecule has 1 aromatic heterocycles. The minimum Gasteiger partial charge on any atom is -0.393 e. The summed E-state index contributed by atoms with van der Waals surface area (Å²) in [6.07, 6.45) is 3.23. The molecule has 2 aliphatic heterocycles. The number of carbonyl (C=O) groups excluding carboxylic acids is 1.